The van der Waals surface area contributed by atoms with Crippen molar-refractivity contribution in [2.45, 2.75) is 52.5 Å². The van der Waals surface area contributed by atoms with Crippen LogP contribution < -0.4 is 0 Å². The van der Waals surface area contributed by atoms with Crippen LogP contribution in [0.3, 0.4) is 0 Å². The Hall–Kier alpha value is -1.19. The van der Waals surface area contributed by atoms with Gasteiger partial charge in [0.15, 0.2) is 11.8 Å². The van der Waals surface area contributed by atoms with E-state index in [1.165, 1.54) is 26.0 Å². The highest BCUT2D eigenvalue weighted by Gasteiger charge is 2.08. The lowest BCUT2D eigenvalue weighted by atomic mass is 10.2. The highest BCUT2D eigenvalue weighted by Crippen LogP contribution is 2.00. The number of carbonyl (C=O) groups excluding carboxylic acids is 1. The third kappa shape index (κ3) is 7.85. The molecule has 0 saturated carbocycles. The molecule has 0 aliphatic rings. The standard InChI is InChI=1S/C11H20N2O2/c1-4-5-6-7-8-9-13(15)12-10(2)11(3)14/h8-10H,4-7H2,1-3H3/b9-8+,13-12?. The van der Waals surface area contributed by atoms with Gasteiger partial charge in [-0.2, -0.15) is 0 Å². The van der Waals surface area contributed by atoms with Crippen molar-refractivity contribution >= 4 is 5.78 Å². The minimum Gasteiger partial charge on any atom is -0.595 e. The Morgan fingerprint density at radius 2 is 2.20 bits per heavy atom. The van der Waals surface area contributed by atoms with Crippen LogP contribution in [0.4, 0.5) is 0 Å². The first-order valence-electron chi connectivity index (χ1n) is 5.42. The van der Waals surface area contributed by atoms with Crippen molar-refractivity contribution in [1.82, 2.24) is 0 Å². The second kappa shape index (κ2) is 8.15. The summed E-state index contributed by atoms with van der Waals surface area (Å²) in [6.07, 6.45) is 7.47. The number of nitrogens with zero attached hydrogens (tertiary/aromatic N) is 2. The first kappa shape index (κ1) is 13.8. The summed E-state index contributed by atoms with van der Waals surface area (Å²) in [5, 5.41) is 14.7. The lowest BCUT2D eigenvalue weighted by Crippen LogP contribution is -2.12. The number of carbonyl (C=O) groups is 1. The first-order chi connectivity index (χ1) is 7.07. The number of ketones is 1. The summed E-state index contributed by atoms with van der Waals surface area (Å²) < 4.78 is 0. The average Bonchev–Trinajstić information content (AvgIpc) is 2.17. The molecule has 0 saturated heterocycles. The molecule has 0 aromatic heterocycles. The number of azo groups is 1. The Labute approximate surface area is 91.3 Å². The Morgan fingerprint density at radius 3 is 2.73 bits per heavy atom. The van der Waals surface area contributed by atoms with Gasteiger partial charge in [0.1, 0.15) is 0 Å². The van der Waals surface area contributed by atoms with Crippen LogP contribution in [-0.4, -0.2) is 16.7 Å². The SMILES string of the molecule is CCCCC/C=C/[N+]([O-])=NC(C)C(C)=O. The third-order valence-electron chi connectivity index (χ3n) is 2.08. The molecule has 0 aliphatic heterocycles. The van der Waals surface area contributed by atoms with Gasteiger partial charge in [-0.15, -0.1) is 0 Å². The van der Waals surface area contributed by atoms with E-state index in [9.17, 15) is 10.0 Å². The summed E-state index contributed by atoms with van der Waals surface area (Å²) >= 11 is 0. The lowest BCUT2D eigenvalue weighted by Gasteiger charge is -1.98. The molecule has 0 radical (unpaired) electrons. The molecule has 4 nitrogen and oxygen atoms in total. The number of hydrogen-bond donors (Lipinski definition) is 0. The second-order valence-electron chi connectivity index (χ2n) is 3.59. The highest BCUT2D eigenvalue weighted by atomic mass is 16.5. The van der Waals surface area contributed by atoms with Crippen molar-refractivity contribution in [2.24, 2.45) is 5.11 Å². The summed E-state index contributed by atoms with van der Waals surface area (Å²) in [6, 6.07) is -0.553. The van der Waals surface area contributed by atoms with E-state index in [4.69, 9.17) is 0 Å². The van der Waals surface area contributed by atoms with Crippen LogP contribution in [-0.2, 0) is 4.79 Å². The smallest absolute Gasteiger partial charge is 0.205 e. The summed E-state index contributed by atoms with van der Waals surface area (Å²) in [7, 11) is 0. The molecular formula is C11H20N2O2. The molecule has 86 valence electrons. The van der Waals surface area contributed by atoms with Gasteiger partial charge in [0.2, 0.25) is 6.20 Å². The maximum absolute atomic E-state index is 11.1. The predicted molar refractivity (Wildman–Crippen MR) is 59.5 cm³/mol. The maximum Gasteiger partial charge on any atom is 0.205 e. The minimum atomic E-state index is -0.553. The van der Waals surface area contributed by atoms with Crippen LogP contribution in [0.5, 0.6) is 0 Å². The zero-order valence-electron chi connectivity index (χ0n) is 9.77. The number of allylic oxidation sites excluding steroid dienone is 1. The van der Waals surface area contributed by atoms with Gasteiger partial charge in [-0.05, 0) is 37.9 Å². The Bertz CT molecular complexity index is 247. The van der Waals surface area contributed by atoms with Crippen LogP contribution in [0.2, 0.25) is 0 Å². The van der Waals surface area contributed by atoms with E-state index < -0.39 is 6.04 Å². The van der Waals surface area contributed by atoms with Gasteiger partial charge in [0.25, 0.3) is 0 Å². The third-order valence-corrected chi connectivity index (χ3v) is 2.08. The molecule has 0 rings (SSSR count). The van der Waals surface area contributed by atoms with Crippen molar-refractivity contribution in [3.63, 3.8) is 0 Å². The van der Waals surface area contributed by atoms with Gasteiger partial charge >= 0.3 is 0 Å². The summed E-state index contributed by atoms with van der Waals surface area (Å²) in [6.45, 7) is 5.17. The van der Waals surface area contributed by atoms with E-state index in [0.29, 0.717) is 4.86 Å². The number of hydrogen-bond acceptors (Lipinski definition) is 3. The number of rotatable bonds is 7. The molecule has 0 aromatic rings. The average molecular weight is 212 g/mol. The van der Waals surface area contributed by atoms with Gasteiger partial charge < -0.3 is 5.21 Å². The fourth-order valence-corrected chi connectivity index (χ4v) is 0.967. The normalized spacial score (nSPS) is 14.5. The molecule has 0 fully saturated rings. The molecule has 0 heterocycles. The fourth-order valence-electron chi connectivity index (χ4n) is 0.967. The molecular weight excluding hydrogens is 192 g/mol. The van der Waals surface area contributed by atoms with Crippen molar-refractivity contribution in [2.75, 3.05) is 0 Å². The van der Waals surface area contributed by atoms with Crippen LogP contribution in [0.1, 0.15) is 46.5 Å². The number of Topliss-reactive ketones (excluding diaryl/α,β-unsaturated/α-hetero) is 1. The van der Waals surface area contributed by atoms with Gasteiger partial charge in [0, 0.05) is 0 Å². The quantitative estimate of drug-likeness (QED) is 0.282. The van der Waals surface area contributed by atoms with Gasteiger partial charge in [-0.3, -0.25) is 4.79 Å². The molecule has 1 atom stereocenters. The monoisotopic (exact) mass is 212 g/mol. The zero-order valence-corrected chi connectivity index (χ0v) is 9.77. The molecule has 0 amide bonds. The second-order valence-corrected chi connectivity index (χ2v) is 3.59. The van der Waals surface area contributed by atoms with Crippen molar-refractivity contribution in [3.8, 4) is 0 Å². The Morgan fingerprint density at radius 1 is 1.53 bits per heavy atom. The topological polar surface area (TPSA) is 55.5 Å². The van der Waals surface area contributed by atoms with E-state index in [0.717, 1.165) is 12.8 Å². The van der Waals surface area contributed by atoms with Crippen molar-refractivity contribution in [1.29, 1.82) is 0 Å². The molecule has 0 N–H and O–H groups in total. The van der Waals surface area contributed by atoms with Crippen molar-refractivity contribution in [3.05, 3.63) is 17.5 Å². The Kier molecular flexibility index (Phi) is 7.50. The van der Waals surface area contributed by atoms with Crippen LogP contribution in [0, 0.1) is 5.21 Å². The zero-order chi connectivity index (χ0) is 11.7. The van der Waals surface area contributed by atoms with Crippen LogP contribution in [0.15, 0.2) is 17.4 Å². The largest absolute Gasteiger partial charge is 0.595 e. The van der Waals surface area contributed by atoms with Crippen molar-refractivity contribution < 1.29 is 9.66 Å². The van der Waals surface area contributed by atoms with E-state index in [1.54, 1.807) is 13.0 Å². The Balaban J connectivity index is 3.90. The summed E-state index contributed by atoms with van der Waals surface area (Å²) in [5.74, 6) is -0.102. The molecule has 0 aromatic carbocycles. The fraction of sp³-hybridized carbons (Fsp3) is 0.727. The van der Waals surface area contributed by atoms with E-state index >= 15 is 0 Å². The summed E-state index contributed by atoms with van der Waals surface area (Å²) in [4.78, 5) is 11.3. The molecule has 0 spiro atoms. The molecule has 1 unspecified atom stereocenters. The van der Waals surface area contributed by atoms with Gasteiger partial charge in [-0.1, -0.05) is 24.6 Å². The molecule has 0 aliphatic carbocycles. The van der Waals surface area contributed by atoms with Gasteiger partial charge in [0.05, 0.1) is 0 Å². The van der Waals surface area contributed by atoms with E-state index in [-0.39, 0.29) is 5.78 Å². The minimum absolute atomic E-state index is 0.102. The van der Waals surface area contributed by atoms with Crippen LogP contribution >= 0.6 is 0 Å². The highest BCUT2D eigenvalue weighted by molar-refractivity contribution is 5.80. The van der Waals surface area contributed by atoms with Gasteiger partial charge in [-0.25, -0.2) is 0 Å². The maximum atomic E-state index is 11.1. The predicted octanol–water partition coefficient (Wildman–Crippen LogP) is 3.02. The lowest BCUT2D eigenvalue weighted by molar-refractivity contribution is -0.461. The summed E-state index contributed by atoms with van der Waals surface area (Å²) in [5.41, 5.74) is 0. The first-order valence-corrected chi connectivity index (χ1v) is 5.42. The number of hydroxylamine groups is 1. The molecule has 4 heteroatoms. The van der Waals surface area contributed by atoms with E-state index in [1.807, 2.05) is 0 Å². The number of unbranched alkanes of at least 4 members (excludes halogenated alkanes) is 3. The van der Waals surface area contributed by atoms with Crippen LogP contribution in [0.25, 0.3) is 0 Å². The molecule has 0 bridgehead atoms. The molecule has 15 heavy (non-hydrogen) atoms. The van der Waals surface area contributed by atoms with E-state index in [2.05, 4.69) is 12.0 Å².